The maximum atomic E-state index is 3.85. The van der Waals surface area contributed by atoms with Gasteiger partial charge in [0.2, 0.25) is 0 Å². The molecule has 0 aromatic rings. The molecule has 1 aliphatic heterocycles. The van der Waals surface area contributed by atoms with E-state index >= 15 is 0 Å². The van der Waals surface area contributed by atoms with Crippen LogP contribution in [-0.4, -0.2) is 47.6 Å². The summed E-state index contributed by atoms with van der Waals surface area (Å²) in [4.78, 5) is 2.92. The molecule has 1 N–H and O–H groups in total. The van der Waals surface area contributed by atoms with E-state index < -0.39 is 0 Å². The van der Waals surface area contributed by atoms with E-state index in [1.165, 1.54) is 45.2 Å². The predicted molar refractivity (Wildman–Crippen MR) is 96.1 cm³/mol. The van der Waals surface area contributed by atoms with Gasteiger partial charge >= 0.3 is 0 Å². The Morgan fingerprint density at radius 3 is 2.52 bits per heavy atom. The van der Waals surface area contributed by atoms with Crippen molar-refractivity contribution < 1.29 is 0 Å². The van der Waals surface area contributed by atoms with Crippen LogP contribution in [0.4, 0.5) is 0 Å². The molecule has 21 heavy (non-hydrogen) atoms. The van der Waals surface area contributed by atoms with Gasteiger partial charge in [0.25, 0.3) is 0 Å². The highest BCUT2D eigenvalue weighted by molar-refractivity contribution is 7.99. The summed E-state index contributed by atoms with van der Waals surface area (Å²) in [5, 5.41) is 4.71. The Kier molecular flexibility index (Phi) is 6.89. The fourth-order valence-electron chi connectivity index (χ4n) is 4.21. The van der Waals surface area contributed by atoms with Crippen molar-refractivity contribution in [2.75, 3.05) is 19.3 Å². The fraction of sp³-hybridized carbons (Fsp3) is 1.00. The minimum atomic E-state index is 0.689. The Bertz CT molecular complexity index is 308. The topological polar surface area (TPSA) is 15.3 Å². The monoisotopic (exact) mass is 312 g/mol. The van der Waals surface area contributed by atoms with Crippen molar-refractivity contribution in [2.24, 2.45) is 11.8 Å². The van der Waals surface area contributed by atoms with Gasteiger partial charge in [0, 0.05) is 36.5 Å². The first-order valence-corrected chi connectivity index (χ1v) is 10.4. The molecule has 2 aliphatic rings. The summed E-state index contributed by atoms with van der Waals surface area (Å²) in [6.07, 6.45) is 9.33. The lowest BCUT2D eigenvalue weighted by molar-refractivity contribution is 0.0313. The third-order valence-corrected chi connectivity index (χ3v) is 7.07. The second-order valence-electron chi connectivity index (χ2n) is 7.53. The first kappa shape index (κ1) is 17.6. The summed E-state index contributed by atoms with van der Waals surface area (Å²) >= 11 is 2.11. The molecule has 2 fully saturated rings. The van der Waals surface area contributed by atoms with Gasteiger partial charge in [-0.1, -0.05) is 47.0 Å². The van der Waals surface area contributed by atoms with Crippen molar-refractivity contribution in [3.05, 3.63) is 0 Å². The van der Waals surface area contributed by atoms with Crippen LogP contribution in [-0.2, 0) is 0 Å². The molecule has 0 aromatic carbocycles. The summed E-state index contributed by atoms with van der Waals surface area (Å²) < 4.78 is 0. The lowest BCUT2D eigenvalue weighted by Crippen LogP contribution is -2.64. The molecule has 1 saturated carbocycles. The SMILES string of the molecule is CCC(C)C1CN(C2CCCCC2SC)C(C(C)C)CN1. The fourth-order valence-corrected chi connectivity index (χ4v) is 5.22. The Morgan fingerprint density at radius 2 is 1.90 bits per heavy atom. The van der Waals surface area contributed by atoms with E-state index in [0.29, 0.717) is 6.04 Å². The molecule has 2 nitrogen and oxygen atoms in total. The number of hydrogen-bond acceptors (Lipinski definition) is 3. The van der Waals surface area contributed by atoms with Gasteiger partial charge in [0.15, 0.2) is 0 Å². The van der Waals surface area contributed by atoms with Crippen LogP contribution in [0.1, 0.15) is 59.8 Å². The lowest BCUT2D eigenvalue weighted by atomic mass is 9.86. The van der Waals surface area contributed by atoms with Gasteiger partial charge in [-0.05, 0) is 30.9 Å². The first-order chi connectivity index (χ1) is 10.1. The second kappa shape index (κ2) is 8.21. The highest BCUT2D eigenvalue weighted by Crippen LogP contribution is 2.34. The van der Waals surface area contributed by atoms with Gasteiger partial charge in [-0.3, -0.25) is 4.90 Å². The number of nitrogens with one attached hydrogen (secondary N) is 1. The van der Waals surface area contributed by atoms with Gasteiger partial charge in [0.1, 0.15) is 0 Å². The van der Waals surface area contributed by atoms with Crippen molar-refractivity contribution in [3.63, 3.8) is 0 Å². The van der Waals surface area contributed by atoms with E-state index in [9.17, 15) is 0 Å². The molecule has 1 aliphatic carbocycles. The van der Waals surface area contributed by atoms with Crippen molar-refractivity contribution >= 4 is 11.8 Å². The Labute approximate surface area is 136 Å². The third-order valence-electron chi connectivity index (χ3n) is 5.92. The van der Waals surface area contributed by atoms with E-state index in [0.717, 1.165) is 29.2 Å². The van der Waals surface area contributed by atoms with Crippen LogP contribution < -0.4 is 5.32 Å². The van der Waals surface area contributed by atoms with Gasteiger partial charge < -0.3 is 5.32 Å². The van der Waals surface area contributed by atoms with Crippen LogP contribution in [0.15, 0.2) is 0 Å². The molecule has 2 rings (SSSR count). The molecule has 124 valence electrons. The van der Waals surface area contributed by atoms with Gasteiger partial charge in [-0.25, -0.2) is 0 Å². The normalized spacial score (nSPS) is 36.9. The maximum absolute atomic E-state index is 3.85. The molecule has 1 heterocycles. The van der Waals surface area contributed by atoms with Crippen molar-refractivity contribution in [1.29, 1.82) is 0 Å². The van der Waals surface area contributed by atoms with Gasteiger partial charge in [-0.2, -0.15) is 11.8 Å². The minimum absolute atomic E-state index is 0.689. The third kappa shape index (κ3) is 4.17. The number of rotatable bonds is 5. The van der Waals surface area contributed by atoms with Gasteiger partial charge in [0.05, 0.1) is 0 Å². The first-order valence-electron chi connectivity index (χ1n) is 9.10. The van der Waals surface area contributed by atoms with Crippen LogP contribution in [0.3, 0.4) is 0 Å². The minimum Gasteiger partial charge on any atom is -0.311 e. The summed E-state index contributed by atoms with van der Waals surface area (Å²) in [5.74, 6) is 1.54. The standard InChI is InChI=1S/C18H36N2S/c1-6-14(4)15-12-20(17(11-19-15)13(2)3)16-9-7-8-10-18(16)21-5/h13-19H,6-12H2,1-5H3. The highest BCUT2D eigenvalue weighted by Gasteiger charge is 2.39. The molecule has 0 spiro atoms. The van der Waals surface area contributed by atoms with Crippen LogP contribution in [0.5, 0.6) is 0 Å². The van der Waals surface area contributed by atoms with Crippen LogP contribution >= 0.6 is 11.8 Å². The van der Waals surface area contributed by atoms with Crippen LogP contribution in [0.25, 0.3) is 0 Å². The summed E-state index contributed by atoms with van der Waals surface area (Å²) in [5.41, 5.74) is 0. The lowest BCUT2D eigenvalue weighted by Gasteiger charge is -2.50. The highest BCUT2D eigenvalue weighted by atomic mass is 32.2. The molecule has 1 saturated heterocycles. The smallest absolute Gasteiger partial charge is 0.0247 e. The summed E-state index contributed by atoms with van der Waals surface area (Å²) in [6.45, 7) is 12.0. The number of thioether (sulfide) groups is 1. The quantitative estimate of drug-likeness (QED) is 0.826. The zero-order valence-corrected chi connectivity index (χ0v) is 15.6. The Hall–Kier alpha value is 0.270. The van der Waals surface area contributed by atoms with Crippen molar-refractivity contribution in [1.82, 2.24) is 10.2 Å². The number of nitrogens with zero attached hydrogens (tertiary/aromatic N) is 1. The molecule has 5 unspecified atom stereocenters. The molecular formula is C18H36N2S. The molecule has 3 heteroatoms. The average molecular weight is 313 g/mol. The average Bonchev–Trinajstić information content (AvgIpc) is 2.53. The van der Waals surface area contributed by atoms with E-state index in [1.54, 1.807) is 0 Å². The maximum Gasteiger partial charge on any atom is 0.0247 e. The molecule has 5 atom stereocenters. The van der Waals surface area contributed by atoms with E-state index in [-0.39, 0.29) is 0 Å². The van der Waals surface area contributed by atoms with E-state index in [4.69, 9.17) is 0 Å². The zero-order valence-electron chi connectivity index (χ0n) is 14.8. The summed E-state index contributed by atoms with van der Waals surface area (Å²) in [6, 6.07) is 2.23. The molecule has 0 aromatic heterocycles. The van der Waals surface area contributed by atoms with Gasteiger partial charge in [-0.15, -0.1) is 0 Å². The second-order valence-corrected chi connectivity index (χ2v) is 8.61. The summed E-state index contributed by atoms with van der Waals surface area (Å²) in [7, 11) is 0. The van der Waals surface area contributed by atoms with E-state index in [2.05, 4.69) is 55.9 Å². The molecule has 0 radical (unpaired) electrons. The van der Waals surface area contributed by atoms with Crippen molar-refractivity contribution in [2.45, 2.75) is 83.2 Å². The number of hydrogen-bond donors (Lipinski definition) is 1. The molecular weight excluding hydrogens is 276 g/mol. The Morgan fingerprint density at radius 1 is 1.19 bits per heavy atom. The van der Waals surface area contributed by atoms with Crippen LogP contribution in [0.2, 0.25) is 0 Å². The zero-order chi connectivity index (χ0) is 15.4. The largest absolute Gasteiger partial charge is 0.311 e. The molecule has 0 bridgehead atoms. The predicted octanol–water partition coefficient (Wildman–Crippen LogP) is 4.01. The number of piperazine rings is 1. The van der Waals surface area contributed by atoms with Crippen LogP contribution in [0, 0.1) is 11.8 Å². The Balaban J connectivity index is 2.12. The van der Waals surface area contributed by atoms with Crippen molar-refractivity contribution in [3.8, 4) is 0 Å². The van der Waals surface area contributed by atoms with E-state index in [1.807, 2.05) is 0 Å². The molecule has 0 amide bonds.